The van der Waals surface area contributed by atoms with Gasteiger partial charge in [-0.15, -0.1) is 0 Å². The third kappa shape index (κ3) is 3.94. The molecule has 0 aromatic rings. The number of aliphatic hydroxyl groups is 1. The molecule has 4 atom stereocenters. The van der Waals surface area contributed by atoms with E-state index in [1.807, 2.05) is 6.92 Å². The predicted octanol–water partition coefficient (Wildman–Crippen LogP) is 3.86. The van der Waals surface area contributed by atoms with Crippen LogP contribution >= 0.6 is 15.9 Å². The molecule has 0 saturated heterocycles. The van der Waals surface area contributed by atoms with Gasteiger partial charge < -0.3 is 10.4 Å². The zero-order valence-corrected chi connectivity index (χ0v) is 14.0. The highest BCUT2D eigenvalue weighted by atomic mass is 79.9. The Kier molecular flexibility index (Phi) is 6.14. The smallest absolute Gasteiger partial charge is 0.0620 e. The summed E-state index contributed by atoms with van der Waals surface area (Å²) in [6.45, 7) is 6.34. The molecule has 0 aliphatic heterocycles. The maximum absolute atomic E-state index is 10.4. The van der Waals surface area contributed by atoms with Crippen molar-refractivity contribution in [2.45, 2.75) is 81.7 Å². The molecule has 0 aromatic carbocycles. The zero-order chi connectivity index (χ0) is 13.8. The van der Waals surface area contributed by atoms with Gasteiger partial charge in [0, 0.05) is 10.4 Å². The van der Waals surface area contributed by atoms with Crippen molar-refractivity contribution in [3.05, 3.63) is 0 Å². The van der Waals surface area contributed by atoms with Gasteiger partial charge in [0.05, 0.1) is 5.60 Å². The number of nitrogens with one attached hydrogen (secondary N) is 1. The average molecular weight is 320 g/mol. The molecule has 2 N–H and O–H groups in total. The monoisotopic (exact) mass is 319 g/mol. The Bertz CT molecular complexity index is 251. The Hall–Kier alpha value is 0.400. The van der Waals surface area contributed by atoms with Gasteiger partial charge in [-0.05, 0) is 58.4 Å². The average Bonchev–Trinajstić information content (AvgIpc) is 2.48. The molecule has 0 heterocycles. The minimum atomic E-state index is -0.529. The number of alkyl halides is 1. The van der Waals surface area contributed by atoms with Gasteiger partial charge in [-0.2, -0.15) is 0 Å². The summed E-state index contributed by atoms with van der Waals surface area (Å²) in [5.41, 5.74) is -0.319. The summed E-state index contributed by atoms with van der Waals surface area (Å²) in [5.74, 6) is 0.550. The van der Waals surface area contributed by atoms with Crippen LogP contribution in [0.25, 0.3) is 0 Å². The van der Waals surface area contributed by atoms with Crippen LogP contribution in [0.3, 0.4) is 0 Å². The van der Waals surface area contributed by atoms with E-state index < -0.39 is 5.60 Å². The van der Waals surface area contributed by atoms with Gasteiger partial charge >= 0.3 is 0 Å². The summed E-state index contributed by atoms with van der Waals surface area (Å²) in [6, 6.07) is 0. The maximum atomic E-state index is 10.4. The fraction of sp³-hybridized carbons (Fsp3) is 1.00. The van der Waals surface area contributed by atoms with Gasteiger partial charge in [0.1, 0.15) is 0 Å². The molecule has 0 aromatic heterocycles. The van der Waals surface area contributed by atoms with Crippen molar-refractivity contribution in [1.29, 1.82) is 0 Å². The van der Waals surface area contributed by atoms with Crippen molar-refractivity contribution in [3.8, 4) is 0 Å². The van der Waals surface area contributed by atoms with Crippen molar-refractivity contribution < 1.29 is 5.11 Å². The highest BCUT2D eigenvalue weighted by Crippen LogP contribution is 2.41. The Labute approximate surface area is 121 Å². The van der Waals surface area contributed by atoms with Crippen molar-refractivity contribution >= 4 is 15.9 Å². The summed E-state index contributed by atoms with van der Waals surface area (Å²) >= 11 is 3.81. The topological polar surface area (TPSA) is 32.3 Å². The van der Waals surface area contributed by atoms with Crippen LogP contribution < -0.4 is 5.32 Å². The Morgan fingerprint density at radius 2 is 2.11 bits per heavy atom. The predicted molar refractivity (Wildman–Crippen MR) is 82.3 cm³/mol. The molecule has 1 fully saturated rings. The third-order valence-corrected chi connectivity index (χ3v) is 5.87. The van der Waals surface area contributed by atoms with E-state index in [1.54, 1.807) is 0 Å². The van der Waals surface area contributed by atoms with Gasteiger partial charge in [-0.1, -0.05) is 36.2 Å². The Balaban J connectivity index is 2.90. The van der Waals surface area contributed by atoms with Crippen LogP contribution in [0.15, 0.2) is 0 Å². The number of hydrogen-bond acceptors (Lipinski definition) is 2. The van der Waals surface area contributed by atoms with Gasteiger partial charge in [-0.3, -0.25) is 0 Å². The van der Waals surface area contributed by atoms with Crippen LogP contribution in [-0.4, -0.2) is 28.1 Å². The Morgan fingerprint density at radius 1 is 1.44 bits per heavy atom. The van der Waals surface area contributed by atoms with E-state index in [4.69, 9.17) is 0 Å². The van der Waals surface area contributed by atoms with E-state index >= 15 is 0 Å². The van der Waals surface area contributed by atoms with Crippen molar-refractivity contribution in [2.24, 2.45) is 5.92 Å². The van der Waals surface area contributed by atoms with Crippen LogP contribution in [0, 0.1) is 5.92 Å². The normalized spacial score (nSPS) is 37.0. The lowest BCUT2D eigenvalue weighted by Crippen LogP contribution is -2.51. The highest BCUT2D eigenvalue weighted by molar-refractivity contribution is 9.09. The molecule has 18 heavy (non-hydrogen) atoms. The first-order valence-electron chi connectivity index (χ1n) is 7.44. The van der Waals surface area contributed by atoms with Gasteiger partial charge in [0.15, 0.2) is 0 Å². The molecule has 1 rings (SSSR count). The maximum Gasteiger partial charge on any atom is 0.0620 e. The zero-order valence-electron chi connectivity index (χ0n) is 12.4. The van der Waals surface area contributed by atoms with Crippen LogP contribution in [0.4, 0.5) is 0 Å². The molecular formula is C15H30BrNO. The van der Waals surface area contributed by atoms with Crippen LogP contribution in [0.2, 0.25) is 0 Å². The lowest BCUT2D eigenvalue weighted by molar-refractivity contribution is 0.00848. The second-order valence-corrected chi connectivity index (χ2v) is 7.53. The summed E-state index contributed by atoms with van der Waals surface area (Å²) in [5, 5.41) is 14.0. The fourth-order valence-corrected chi connectivity index (χ4v) is 4.20. The molecular weight excluding hydrogens is 290 g/mol. The molecule has 0 amide bonds. The second kappa shape index (κ2) is 6.71. The fourth-order valence-electron chi connectivity index (χ4n) is 3.42. The molecule has 0 radical (unpaired) electrons. The van der Waals surface area contributed by atoms with Crippen molar-refractivity contribution in [2.75, 3.05) is 7.05 Å². The summed E-state index contributed by atoms with van der Waals surface area (Å²) < 4.78 is 0. The molecule has 2 unspecified atom stereocenters. The lowest BCUT2D eigenvalue weighted by atomic mass is 9.72. The Morgan fingerprint density at radius 3 is 2.61 bits per heavy atom. The molecule has 3 heteroatoms. The van der Waals surface area contributed by atoms with E-state index in [-0.39, 0.29) is 5.54 Å². The van der Waals surface area contributed by atoms with Gasteiger partial charge in [0.25, 0.3) is 0 Å². The number of hydrogen-bond donors (Lipinski definition) is 2. The van der Waals surface area contributed by atoms with Gasteiger partial charge in [0.2, 0.25) is 0 Å². The quantitative estimate of drug-likeness (QED) is 0.595. The summed E-state index contributed by atoms with van der Waals surface area (Å²) in [6.07, 6.45) is 7.81. The highest BCUT2D eigenvalue weighted by Gasteiger charge is 2.41. The lowest BCUT2D eigenvalue weighted by Gasteiger charge is -2.42. The van der Waals surface area contributed by atoms with E-state index in [2.05, 4.69) is 42.1 Å². The molecule has 0 bridgehead atoms. The summed E-state index contributed by atoms with van der Waals surface area (Å²) in [4.78, 5) is 0.608. The first-order valence-corrected chi connectivity index (χ1v) is 8.36. The first kappa shape index (κ1) is 16.5. The molecule has 108 valence electrons. The van der Waals surface area contributed by atoms with Crippen molar-refractivity contribution in [3.63, 3.8) is 0 Å². The molecule has 2 nitrogen and oxygen atoms in total. The van der Waals surface area contributed by atoms with Crippen molar-refractivity contribution in [1.82, 2.24) is 5.32 Å². The van der Waals surface area contributed by atoms with Crippen LogP contribution in [-0.2, 0) is 0 Å². The first-order chi connectivity index (χ1) is 8.39. The van der Waals surface area contributed by atoms with E-state index in [0.29, 0.717) is 10.7 Å². The van der Waals surface area contributed by atoms with Crippen LogP contribution in [0.5, 0.6) is 0 Å². The SMILES string of the molecule is CCC(C)(O)CC1C[C@H](Br)CCC[C@@]1(CC)NC. The van der Waals surface area contributed by atoms with E-state index in [9.17, 15) is 5.11 Å². The summed E-state index contributed by atoms with van der Waals surface area (Å²) in [7, 11) is 2.09. The minimum absolute atomic E-state index is 0.210. The second-order valence-electron chi connectivity index (χ2n) is 6.24. The van der Waals surface area contributed by atoms with Gasteiger partial charge in [-0.25, -0.2) is 0 Å². The molecule has 1 saturated carbocycles. The number of rotatable bonds is 5. The minimum Gasteiger partial charge on any atom is -0.390 e. The number of halogens is 1. The molecule has 0 spiro atoms. The molecule has 1 aliphatic carbocycles. The largest absolute Gasteiger partial charge is 0.390 e. The van der Waals surface area contributed by atoms with Crippen LogP contribution in [0.1, 0.15) is 65.7 Å². The third-order valence-electron chi connectivity index (χ3n) is 5.04. The standard InChI is InChI=1S/C15H30BrNO/c1-5-14(3,18)11-12-10-13(16)8-7-9-15(12,6-2)17-4/h12-13,17-18H,5-11H2,1-4H3/t12?,13-,14?,15-/m1/s1. The van der Waals surface area contributed by atoms with E-state index in [1.165, 1.54) is 25.7 Å². The molecule has 1 aliphatic rings. The van der Waals surface area contributed by atoms with E-state index in [0.717, 1.165) is 19.3 Å².